The number of halogens is 1. The fourth-order valence-corrected chi connectivity index (χ4v) is 1.98. The van der Waals surface area contributed by atoms with Gasteiger partial charge in [-0.25, -0.2) is 0 Å². The molecule has 8 heteroatoms. The highest BCUT2D eigenvalue weighted by atomic mass is 79.9. The molecule has 6 nitrogen and oxygen atoms in total. The Bertz CT molecular complexity index is 552. The third-order valence-electron chi connectivity index (χ3n) is 2.44. The van der Waals surface area contributed by atoms with Gasteiger partial charge in [-0.05, 0) is 43.8 Å². The van der Waals surface area contributed by atoms with Crippen molar-refractivity contribution in [1.82, 2.24) is 5.43 Å². The highest BCUT2D eigenvalue weighted by Crippen LogP contribution is 2.22. The van der Waals surface area contributed by atoms with Gasteiger partial charge in [-0.1, -0.05) is 15.9 Å². The van der Waals surface area contributed by atoms with Crippen molar-refractivity contribution in [2.45, 2.75) is 19.8 Å². The molecule has 0 aliphatic rings. The van der Waals surface area contributed by atoms with E-state index < -0.39 is 0 Å². The third kappa shape index (κ3) is 7.37. The number of thiocarbonyl (C=S) groups is 1. The number of nitrogens with two attached hydrogens (primary N) is 1. The van der Waals surface area contributed by atoms with Crippen LogP contribution in [0.25, 0.3) is 0 Å². The summed E-state index contributed by atoms with van der Waals surface area (Å²) in [4.78, 5) is 11.2. The van der Waals surface area contributed by atoms with Crippen molar-refractivity contribution in [2.24, 2.45) is 10.8 Å². The summed E-state index contributed by atoms with van der Waals surface area (Å²) in [6.07, 6.45) is 2.47. The molecule has 0 fully saturated rings. The number of carbonyl (C=O) groups excluding carboxylic acids is 1. The second kappa shape index (κ2) is 10.1. The van der Waals surface area contributed by atoms with E-state index in [9.17, 15) is 4.79 Å². The smallest absolute Gasteiger partial charge is 0.305 e. The number of rotatable bonds is 8. The van der Waals surface area contributed by atoms with E-state index in [1.54, 1.807) is 13.1 Å². The van der Waals surface area contributed by atoms with Gasteiger partial charge in [-0.2, -0.15) is 5.10 Å². The largest absolute Gasteiger partial charge is 0.493 e. The van der Waals surface area contributed by atoms with E-state index in [1.807, 2.05) is 18.2 Å². The molecule has 3 N–H and O–H groups in total. The fourth-order valence-electron chi connectivity index (χ4n) is 1.55. The minimum Gasteiger partial charge on any atom is -0.493 e. The van der Waals surface area contributed by atoms with E-state index in [4.69, 9.17) is 15.2 Å². The van der Waals surface area contributed by atoms with Gasteiger partial charge in [0.05, 0.1) is 19.4 Å². The summed E-state index contributed by atoms with van der Waals surface area (Å²) >= 11 is 8.06. The zero-order valence-corrected chi connectivity index (χ0v) is 14.6. The summed E-state index contributed by atoms with van der Waals surface area (Å²) in [6.45, 7) is 2.58. The number of hydrogen-bond donors (Lipinski definition) is 2. The van der Waals surface area contributed by atoms with Gasteiger partial charge in [0.25, 0.3) is 0 Å². The number of ether oxygens (including phenoxy) is 2. The van der Waals surface area contributed by atoms with Crippen LogP contribution in [0, 0.1) is 0 Å². The molecule has 0 aliphatic heterocycles. The topological polar surface area (TPSA) is 85.9 Å². The van der Waals surface area contributed by atoms with E-state index in [2.05, 4.69) is 38.7 Å². The zero-order valence-electron chi connectivity index (χ0n) is 12.2. The normalized spacial score (nSPS) is 10.5. The lowest BCUT2D eigenvalue weighted by molar-refractivity contribution is -0.143. The summed E-state index contributed by atoms with van der Waals surface area (Å²) in [5, 5.41) is 3.99. The van der Waals surface area contributed by atoms with Crippen LogP contribution in [-0.4, -0.2) is 30.5 Å². The van der Waals surface area contributed by atoms with Crippen molar-refractivity contribution in [3.05, 3.63) is 28.2 Å². The molecule has 0 saturated heterocycles. The van der Waals surface area contributed by atoms with Gasteiger partial charge in [-0.3, -0.25) is 10.2 Å². The van der Waals surface area contributed by atoms with Gasteiger partial charge >= 0.3 is 5.97 Å². The predicted molar refractivity (Wildman–Crippen MR) is 93.0 cm³/mol. The van der Waals surface area contributed by atoms with Crippen molar-refractivity contribution >= 4 is 45.4 Å². The van der Waals surface area contributed by atoms with E-state index in [0.717, 1.165) is 10.0 Å². The van der Waals surface area contributed by atoms with Crippen molar-refractivity contribution in [2.75, 3.05) is 13.2 Å². The average Bonchev–Trinajstić information content (AvgIpc) is 2.45. The highest BCUT2D eigenvalue weighted by Gasteiger charge is 2.05. The molecular formula is C14H18BrN3O3S. The van der Waals surface area contributed by atoms with Crippen LogP contribution in [0.15, 0.2) is 27.8 Å². The number of nitrogens with zero attached hydrogens (tertiary/aromatic N) is 1. The Labute approximate surface area is 143 Å². The molecular weight excluding hydrogens is 370 g/mol. The van der Waals surface area contributed by atoms with Gasteiger partial charge in [0, 0.05) is 16.5 Å². The maximum atomic E-state index is 11.2. The van der Waals surface area contributed by atoms with E-state index >= 15 is 0 Å². The molecule has 0 atom stereocenters. The van der Waals surface area contributed by atoms with Crippen LogP contribution in [0.2, 0.25) is 0 Å². The molecule has 0 amide bonds. The van der Waals surface area contributed by atoms with E-state index in [1.165, 1.54) is 0 Å². The summed E-state index contributed by atoms with van der Waals surface area (Å²) in [7, 11) is 0. The Hall–Kier alpha value is -1.67. The SMILES string of the molecule is CCOC(=O)CCCOc1ccc(Br)cc1C=NNC(N)=S. The molecule has 0 bridgehead atoms. The first-order chi connectivity index (χ1) is 10.5. The summed E-state index contributed by atoms with van der Waals surface area (Å²) in [5.41, 5.74) is 8.54. The standard InChI is InChI=1S/C14H18BrN3O3S/c1-2-20-13(19)4-3-7-21-12-6-5-11(15)8-10(12)9-17-18-14(16)22/h5-6,8-9H,2-4,7H2,1H3,(H3,16,18,22). The van der Waals surface area contributed by atoms with Crippen LogP contribution < -0.4 is 15.9 Å². The second-order valence-corrected chi connectivity index (χ2v) is 5.53. The summed E-state index contributed by atoms with van der Waals surface area (Å²) < 4.78 is 11.4. The van der Waals surface area contributed by atoms with Crippen LogP contribution in [0.1, 0.15) is 25.3 Å². The molecule has 22 heavy (non-hydrogen) atoms. The summed E-state index contributed by atoms with van der Waals surface area (Å²) in [5.74, 6) is 0.435. The highest BCUT2D eigenvalue weighted by molar-refractivity contribution is 9.10. The maximum absolute atomic E-state index is 11.2. The van der Waals surface area contributed by atoms with Gasteiger partial charge in [-0.15, -0.1) is 0 Å². The maximum Gasteiger partial charge on any atom is 0.305 e. The van der Waals surface area contributed by atoms with Gasteiger partial charge in [0.2, 0.25) is 0 Å². The first kappa shape index (κ1) is 18.4. The predicted octanol–water partition coefficient (Wildman–Crippen LogP) is 2.34. The number of benzene rings is 1. The van der Waals surface area contributed by atoms with E-state index in [-0.39, 0.29) is 11.1 Å². The monoisotopic (exact) mass is 387 g/mol. The number of esters is 1. The Morgan fingerprint density at radius 1 is 1.55 bits per heavy atom. The van der Waals surface area contributed by atoms with Crippen LogP contribution in [0.5, 0.6) is 5.75 Å². The lowest BCUT2D eigenvalue weighted by Crippen LogP contribution is -2.24. The average molecular weight is 388 g/mol. The molecule has 120 valence electrons. The quantitative estimate of drug-likeness (QED) is 0.234. The first-order valence-electron chi connectivity index (χ1n) is 6.69. The van der Waals surface area contributed by atoms with Gasteiger partial charge < -0.3 is 15.2 Å². The molecule has 0 heterocycles. The van der Waals surface area contributed by atoms with Crippen LogP contribution in [-0.2, 0) is 9.53 Å². The minimum atomic E-state index is -0.218. The lowest BCUT2D eigenvalue weighted by Gasteiger charge is -2.09. The Balaban J connectivity index is 2.56. The molecule has 0 spiro atoms. The molecule has 0 unspecified atom stereocenters. The number of hydrazone groups is 1. The van der Waals surface area contributed by atoms with Crippen molar-refractivity contribution < 1.29 is 14.3 Å². The zero-order chi connectivity index (χ0) is 16.4. The second-order valence-electron chi connectivity index (χ2n) is 4.17. The molecule has 0 saturated carbocycles. The Morgan fingerprint density at radius 3 is 3.00 bits per heavy atom. The van der Waals surface area contributed by atoms with Crippen molar-refractivity contribution in [1.29, 1.82) is 0 Å². The number of carbonyl (C=O) groups is 1. The number of hydrogen-bond acceptors (Lipinski definition) is 5. The molecule has 1 aromatic rings. The molecule has 1 rings (SSSR count). The minimum absolute atomic E-state index is 0.0863. The Morgan fingerprint density at radius 2 is 2.32 bits per heavy atom. The Kier molecular flexibility index (Phi) is 8.46. The van der Waals surface area contributed by atoms with Crippen LogP contribution in [0.3, 0.4) is 0 Å². The first-order valence-corrected chi connectivity index (χ1v) is 7.89. The summed E-state index contributed by atoms with van der Waals surface area (Å²) in [6, 6.07) is 5.53. The van der Waals surface area contributed by atoms with Crippen molar-refractivity contribution in [3.8, 4) is 5.75 Å². The van der Waals surface area contributed by atoms with Crippen LogP contribution in [0.4, 0.5) is 0 Å². The van der Waals surface area contributed by atoms with Crippen LogP contribution >= 0.6 is 28.1 Å². The fraction of sp³-hybridized carbons (Fsp3) is 0.357. The van der Waals surface area contributed by atoms with Gasteiger partial charge in [0.15, 0.2) is 5.11 Å². The molecule has 1 aromatic carbocycles. The molecule has 0 radical (unpaired) electrons. The van der Waals surface area contributed by atoms with Gasteiger partial charge in [0.1, 0.15) is 5.75 Å². The number of nitrogens with one attached hydrogen (secondary N) is 1. The third-order valence-corrected chi connectivity index (χ3v) is 3.02. The molecule has 0 aliphatic carbocycles. The lowest BCUT2D eigenvalue weighted by atomic mass is 10.2. The molecule has 0 aromatic heterocycles. The van der Waals surface area contributed by atoms with Crippen molar-refractivity contribution in [3.63, 3.8) is 0 Å². The van der Waals surface area contributed by atoms with E-state index in [0.29, 0.717) is 31.8 Å².